The number of benzene rings is 1. The molecule has 0 aliphatic heterocycles. The van der Waals surface area contributed by atoms with E-state index in [4.69, 9.17) is 23.2 Å². The van der Waals surface area contributed by atoms with E-state index < -0.39 is 0 Å². The highest BCUT2D eigenvalue weighted by molar-refractivity contribution is 6.42. The van der Waals surface area contributed by atoms with Gasteiger partial charge in [0.1, 0.15) is 12.2 Å². The van der Waals surface area contributed by atoms with Crippen LogP contribution >= 0.6 is 23.2 Å². The van der Waals surface area contributed by atoms with Gasteiger partial charge in [-0.25, -0.2) is 9.67 Å². The molecule has 72 valence electrons. The van der Waals surface area contributed by atoms with Gasteiger partial charge in [-0.1, -0.05) is 23.2 Å². The lowest BCUT2D eigenvalue weighted by molar-refractivity contribution is 0.840. The van der Waals surface area contributed by atoms with Crippen molar-refractivity contribution in [1.82, 2.24) is 14.8 Å². The zero-order valence-corrected chi connectivity index (χ0v) is 8.92. The van der Waals surface area contributed by atoms with E-state index in [2.05, 4.69) is 10.1 Å². The average molecular weight is 228 g/mol. The standard InChI is InChI=1S/C9H7Cl2N3/c1-6-12-5-13-14(6)7-2-3-8(10)9(11)4-7/h2-5H,1H3. The SMILES string of the molecule is Cc1ncnn1-c1ccc(Cl)c(Cl)c1. The quantitative estimate of drug-likeness (QED) is 0.751. The first-order chi connectivity index (χ1) is 6.68. The lowest BCUT2D eigenvalue weighted by Gasteiger charge is -2.03. The second-order valence-corrected chi connectivity index (χ2v) is 3.63. The van der Waals surface area contributed by atoms with Crippen LogP contribution in [0.1, 0.15) is 5.82 Å². The molecule has 0 spiro atoms. The summed E-state index contributed by atoms with van der Waals surface area (Å²) < 4.78 is 1.70. The Morgan fingerprint density at radius 3 is 2.57 bits per heavy atom. The number of halogens is 2. The summed E-state index contributed by atoms with van der Waals surface area (Å²) in [5.74, 6) is 0.809. The van der Waals surface area contributed by atoms with Gasteiger partial charge in [0.2, 0.25) is 0 Å². The molecule has 0 aliphatic carbocycles. The number of hydrogen-bond acceptors (Lipinski definition) is 2. The summed E-state index contributed by atoms with van der Waals surface area (Å²) in [6, 6.07) is 5.34. The summed E-state index contributed by atoms with van der Waals surface area (Å²) in [5, 5.41) is 5.11. The first-order valence-corrected chi connectivity index (χ1v) is 4.76. The van der Waals surface area contributed by atoms with Crippen molar-refractivity contribution in [3.8, 4) is 5.69 Å². The molecule has 2 rings (SSSR count). The van der Waals surface area contributed by atoms with Crippen LogP contribution in [0.2, 0.25) is 10.0 Å². The van der Waals surface area contributed by atoms with E-state index in [1.165, 1.54) is 6.33 Å². The highest BCUT2D eigenvalue weighted by Gasteiger charge is 2.04. The summed E-state index contributed by atoms with van der Waals surface area (Å²) in [5.41, 5.74) is 0.856. The molecule has 0 saturated heterocycles. The molecule has 0 fully saturated rings. The number of aromatic nitrogens is 3. The van der Waals surface area contributed by atoms with Crippen molar-refractivity contribution in [2.75, 3.05) is 0 Å². The van der Waals surface area contributed by atoms with Gasteiger partial charge in [-0.15, -0.1) is 0 Å². The van der Waals surface area contributed by atoms with Gasteiger partial charge in [-0.05, 0) is 25.1 Å². The molecule has 0 amide bonds. The van der Waals surface area contributed by atoms with Gasteiger partial charge >= 0.3 is 0 Å². The Kier molecular flexibility index (Phi) is 2.44. The zero-order valence-electron chi connectivity index (χ0n) is 7.41. The zero-order chi connectivity index (χ0) is 10.1. The molecular weight excluding hydrogens is 221 g/mol. The molecule has 3 nitrogen and oxygen atoms in total. The van der Waals surface area contributed by atoms with Crippen LogP contribution in [0.25, 0.3) is 5.69 Å². The molecular formula is C9H7Cl2N3. The highest BCUT2D eigenvalue weighted by atomic mass is 35.5. The minimum absolute atomic E-state index is 0.513. The maximum absolute atomic E-state index is 5.89. The fourth-order valence-electron chi connectivity index (χ4n) is 1.17. The first kappa shape index (κ1) is 9.49. The fourth-order valence-corrected chi connectivity index (χ4v) is 1.46. The van der Waals surface area contributed by atoms with Gasteiger partial charge in [0, 0.05) is 0 Å². The number of hydrogen-bond donors (Lipinski definition) is 0. The van der Waals surface area contributed by atoms with Crippen LogP contribution in [0.5, 0.6) is 0 Å². The molecule has 0 atom stereocenters. The van der Waals surface area contributed by atoms with E-state index in [1.807, 2.05) is 13.0 Å². The van der Waals surface area contributed by atoms with Crippen LogP contribution in [0, 0.1) is 6.92 Å². The summed E-state index contributed by atoms with van der Waals surface area (Å²) >= 11 is 11.7. The summed E-state index contributed by atoms with van der Waals surface area (Å²) in [6.07, 6.45) is 1.50. The van der Waals surface area contributed by atoms with Crippen molar-refractivity contribution in [3.05, 3.63) is 40.4 Å². The third kappa shape index (κ3) is 1.61. The van der Waals surface area contributed by atoms with Crippen LogP contribution in [0.4, 0.5) is 0 Å². The molecule has 0 unspecified atom stereocenters. The Hall–Kier alpha value is -1.06. The Bertz CT molecular complexity index is 465. The van der Waals surface area contributed by atoms with Crippen molar-refractivity contribution >= 4 is 23.2 Å². The topological polar surface area (TPSA) is 30.7 Å². The summed E-state index contributed by atoms with van der Waals surface area (Å²) in [7, 11) is 0. The molecule has 0 radical (unpaired) electrons. The van der Waals surface area contributed by atoms with Gasteiger partial charge in [0.25, 0.3) is 0 Å². The van der Waals surface area contributed by atoms with Crippen LogP contribution in [0.3, 0.4) is 0 Å². The van der Waals surface area contributed by atoms with E-state index in [0.29, 0.717) is 10.0 Å². The van der Waals surface area contributed by atoms with Crippen molar-refractivity contribution in [2.45, 2.75) is 6.92 Å². The van der Waals surface area contributed by atoms with Crippen LogP contribution < -0.4 is 0 Å². The predicted molar refractivity (Wildman–Crippen MR) is 56.1 cm³/mol. The van der Waals surface area contributed by atoms with E-state index >= 15 is 0 Å². The third-order valence-electron chi connectivity index (χ3n) is 1.87. The van der Waals surface area contributed by atoms with Gasteiger partial charge in [0.15, 0.2) is 0 Å². The fraction of sp³-hybridized carbons (Fsp3) is 0.111. The molecule has 5 heteroatoms. The van der Waals surface area contributed by atoms with E-state index in [1.54, 1.807) is 16.8 Å². The molecule has 1 aromatic carbocycles. The normalized spacial score (nSPS) is 10.5. The number of nitrogens with zero attached hydrogens (tertiary/aromatic N) is 3. The maximum atomic E-state index is 5.89. The maximum Gasteiger partial charge on any atom is 0.138 e. The lowest BCUT2D eigenvalue weighted by atomic mass is 10.3. The molecule has 1 heterocycles. The molecule has 0 saturated carbocycles. The van der Waals surface area contributed by atoms with Gasteiger partial charge in [-0.3, -0.25) is 0 Å². The van der Waals surface area contributed by atoms with Gasteiger partial charge in [0.05, 0.1) is 15.7 Å². The summed E-state index contributed by atoms with van der Waals surface area (Å²) in [4.78, 5) is 4.02. The Balaban J connectivity index is 2.53. The average Bonchev–Trinajstić information content (AvgIpc) is 2.57. The number of aryl methyl sites for hydroxylation is 1. The molecule has 14 heavy (non-hydrogen) atoms. The van der Waals surface area contributed by atoms with E-state index in [9.17, 15) is 0 Å². The predicted octanol–water partition coefficient (Wildman–Crippen LogP) is 2.88. The molecule has 0 N–H and O–H groups in total. The smallest absolute Gasteiger partial charge is 0.138 e. The minimum Gasteiger partial charge on any atom is -0.220 e. The van der Waals surface area contributed by atoms with Crippen molar-refractivity contribution < 1.29 is 0 Å². The largest absolute Gasteiger partial charge is 0.220 e. The highest BCUT2D eigenvalue weighted by Crippen LogP contribution is 2.24. The van der Waals surface area contributed by atoms with E-state index in [-0.39, 0.29) is 0 Å². The Labute approximate surface area is 91.3 Å². The molecule has 1 aromatic heterocycles. The Morgan fingerprint density at radius 2 is 2.00 bits per heavy atom. The molecule has 0 bridgehead atoms. The molecule has 2 aromatic rings. The third-order valence-corrected chi connectivity index (χ3v) is 2.60. The van der Waals surface area contributed by atoms with Crippen LogP contribution in [0.15, 0.2) is 24.5 Å². The molecule has 0 aliphatic rings. The van der Waals surface area contributed by atoms with Gasteiger partial charge < -0.3 is 0 Å². The monoisotopic (exact) mass is 227 g/mol. The van der Waals surface area contributed by atoms with Crippen molar-refractivity contribution in [3.63, 3.8) is 0 Å². The van der Waals surface area contributed by atoms with Crippen LogP contribution in [-0.2, 0) is 0 Å². The second kappa shape index (κ2) is 3.59. The summed E-state index contributed by atoms with van der Waals surface area (Å²) in [6.45, 7) is 1.87. The van der Waals surface area contributed by atoms with Crippen LogP contribution in [-0.4, -0.2) is 14.8 Å². The van der Waals surface area contributed by atoms with Gasteiger partial charge in [-0.2, -0.15) is 5.10 Å². The van der Waals surface area contributed by atoms with Crippen molar-refractivity contribution in [2.24, 2.45) is 0 Å². The Morgan fingerprint density at radius 1 is 1.21 bits per heavy atom. The number of rotatable bonds is 1. The van der Waals surface area contributed by atoms with Crippen molar-refractivity contribution in [1.29, 1.82) is 0 Å². The minimum atomic E-state index is 0.513. The first-order valence-electron chi connectivity index (χ1n) is 4.00. The second-order valence-electron chi connectivity index (χ2n) is 2.82. The lowest BCUT2D eigenvalue weighted by Crippen LogP contribution is -1.98. The van der Waals surface area contributed by atoms with E-state index in [0.717, 1.165) is 11.5 Å².